The Morgan fingerprint density at radius 3 is 2.29 bits per heavy atom. The Labute approximate surface area is 127 Å². The lowest BCUT2D eigenvalue weighted by Gasteiger charge is -2.20. The zero-order valence-corrected chi connectivity index (χ0v) is 13.0. The quantitative estimate of drug-likeness (QED) is 0.841. The monoisotopic (exact) mass is 284 g/mol. The Bertz CT molecular complexity index is 564. The molecule has 112 valence electrons. The number of para-hydroxylation sites is 1. The fraction of sp³-hybridized carbons (Fsp3) is 0.333. The minimum atomic E-state index is 0.117. The van der Waals surface area contributed by atoms with Gasteiger partial charge in [-0.15, -0.1) is 0 Å². The predicted octanol–water partition coefficient (Wildman–Crippen LogP) is 4.02. The Balaban J connectivity index is 2.10. The van der Waals surface area contributed by atoms with E-state index in [9.17, 15) is 5.11 Å². The molecule has 0 amide bonds. The van der Waals surface area contributed by atoms with E-state index in [-0.39, 0.29) is 6.04 Å². The molecule has 1 unspecified atom stereocenters. The van der Waals surface area contributed by atoms with E-state index < -0.39 is 0 Å². The van der Waals surface area contributed by atoms with Crippen LogP contribution in [0.3, 0.4) is 0 Å². The highest BCUT2D eigenvalue weighted by Crippen LogP contribution is 2.29. The summed E-state index contributed by atoms with van der Waals surface area (Å²) in [5.41, 5.74) is 3.31. The molecule has 0 aliphatic carbocycles. The normalized spacial score (nSPS) is 12.4. The molecular formula is C18H24N2O. The molecule has 2 rings (SSSR count). The van der Waals surface area contributed by atoms with Gasteiger partial charge in [0.25, 0.3) is 0 Å². The topological polar surface area (TPSA) is 35.5 Å². The second-order valence-corrected chi connectivity index (χ2v) is 5.60. The number of rotatable bonds is 6. The van der Waals surface area contributed by atoms with Crippen molar-refractivity contribution in [2.45, 2.75) is 25.9 Å². The van der Waals surface area contributed by atoms with Gasteiger partial charge in [0.2, 0.25) is 0 Å². The molecule has 0 aliphatic heterocycles. The number of hydrogen-bond acceptors (Lipinski definition) is 3. The van der Waals surface area contributed by atoms with Crippen LogP contribution in [0.5, 0.6) is 5.75 Å². The van der Waals surface area contributed by atoms with Crippen molar-refractivity contribution in [1.29, 1.82) is 0 Å². The van der Waals surface area contributed by atoms with Crippen molar-refractivity contribution in [1.82, 2.24) is 4.90 Å². The Kier molecular flexibility index (Phi) is 5.23. The van der Waals surface area contributed by atoms with Crippen molar-refractivity contribution in [2.24, 2.45) is 0 Å². The molecule has 2 N–H and O–H groups in total. The largest absolute Gasteiger partial charge is 0.508 e. The molecule has 0 saturated carbocycles. The van der Waals surface area contributed by atoms with Crippen molar-refractivity contribution in [3.8, 4) is 5.75 Å². The van der Waals surface area contributed by atoms with E-state index in [1.165, 1.54) is 5.56 Å². The SMILES string of the molecule is CCC(Nc1ccc(CN(C)C)cc1)c1ccccc1O. The van der Waals surface area contributed by atoms with Crippen LogP contribution in [0.25, 0.3) is 0 Å². The maximum atomic E-state index is 9.99. The fourth-order valence-corrected chi connectivity index (χ4v) is 2.45. The van der Waals surface area contributed by atoms with Crippen LogP contribution in [-0.4, -0.2) is 24.1 Å². The lowest BCUT2D eigenvalue weighted by Crippen LogP contribution is -2.11. The number of phenols is 1. The van der Waals surface area contributed by atoms with Gasteiger partial charge in [0.1, 0.15) is 5.75 Å². The molecule has 0 heterocycles. The van der Waals surface area contributed by atoms with Gasteiger partial charge in [0, 0.05) is 17.8 Å². The molecule has 21 heavy (non-hydrogen) atoms. The van der Waals surface area contributed by atoms with E-state index in [0.717, 1.165) is 24.2 Å². The summed E-state index contributed by atoms with van der Waals surface area (Å²) in [4.78, 5) is 2.15. The van der Waals surface area contributed by atoms with E-state index in [0.29, 0.717) is 5.75 Å². The molecule has 0 bridgehead atoms. The number of nitrogens with one attached hydrogen (secondary N) is 1. The molecule has 1 atom stereocenters. The molecule has 3 heteroatoms. The highest BCUT2D eigenvalue weighted by atomic mass is 16.3. The van der Waals surface area contributed by atoms with Gasteiger partial charge in [0.15, 0.2) is 0 Å². The van der Waals surface area contributed by atoms with Gasteiger partial charge in [-0.25, -0.2) is 0 Å². The van der Waals surface area contributed by atoms with Crippen molar-refractivity contribution >= 4 is 5.69 Å². The summed E-state index contributed by atoms with van der Waals surface area (Å²) in [5, 5.41) is 13.5. The Hall–Kier alpha value is -2.00. The third-order valence-corrected chi connectivity index (χ3v) is 3.51. The van der Waals surface area contributed by atoms with Crippen LogP contribution < -0.4 is 5.32 Å². The molecule has 0 saturated heterocycles. The van der Waals surface area contributed by atoms with Crippen LogP contribution in [0.4, 0.5) is 5.69 Å². The zero-order valence-electron chi connectivity index (χ0n) is 13.0. The lowest BCUT2D eigenvalue weighted by atomic mass is 10.0. The van der Waals surface area contributed by atoms with Crippen LogP contribution >= 0.6 is 0 Å². The highest BCUT2D eigenvalue weighted by molar-refractivity contribution is 5.48. The molecule has 3 nitrogen and oxygen atoms in total. The number of benzene rings is 2. The number of hydrogen-bond donors (Lipinski definition) is 2. The second-order valence-electron chi connectivity index (χ2n) is 5.60. The molecule has 2 aromatic carbocycles. The first-order valence-electron chi connectivity index (χ1n) is 7.38. The average Bonchev–Trinajstić information content (AvgIpc) is 2.47. The van der Waals surface area contributed by atoms with Gasteiger partial charge >= 0.3 is 0 Å². The van der Waals surface area contributed by atoms with Crippen molar-refractivity contribution in [3.63, 3.8) is 0 Å². The van der Waals surface area contributed by atoms with E-state index in [1.807, 2.05) is 18.2 Å². The first-order valence-corrected chi connectivity index (χ1v) is 7.38. The van der Waals surface area contributed by atoms with Crippen molar-refractivity contribution < 1.29 is 5.11 Å². The number of aromatic hydroxyl groups is 1. The van der Waals surface area contributed by atoms with Crippen LogP contribution in [0, 0.1) is 0 Å². The third-order valence-electron chi connectivity index (χ3n) is 3.51. The summed E-state index contributed by atoms with van der Waals surface area (Å²) in [6, 6.07) is 16.1. The number of phenolic OH excluding ortho intramolecular Hbond substituents is 1. The van der Waals surface area contributed by atoms with Crippen molar-refractivity contribution in [2.75, 3.05) is 19.4 Å². The van der Waals surface area contributed by atoms with Crippen LogP contribution in [0.2, 0.25) is 0 Å². The smallest absolute Gasteiger partial charge is 0.120 e. The summed E-state index contributed by atoms with van der Waals surface area (Å²) in [6.07, 6.45) is 0.914. The number of anilines is 1. The molecule has 2 aromatic rings. The zero-order chi connectivity index (χ0) is 15.2. The minimum Gasteiger partial charge on any atom is -0.508 e. The van der Waals surface area contributed by atoms with Crippen LogP contribution in [0.1, 0.15) is 30.5 Å². The summed E-state index contributed by atoms with van der Waals surface area (Å²) in [5.74, 6) is 0.348. The first-order chi connectivity index (χ1) is 10.1. The minimum absolute atomic E-state index is 0.117. The molecular weight excluding hydrogens is 260 g/mol. The van der Waals surface area contributed by atoms with Crippen molar-refractivity contribution in [3.05, 3.63) is 59.7 Å². The summed E-state index contributed by atoms with van der Waals surface area (Å²) < 4.78 is 0. The average molecular weight is 284 g/mol. The van der Waals surface area contributed by atoms with Crippen LogP contribution in [0.15, 0.2) is 48.5 Å². The Morgan fingerprint density at radius 1 is 1.05 bits per heavy atom. The van der Waals surface area contributed by atoms with Gasteiger partial charge in [0.05, 0.1) is 6.04 Å². The molecule has 0 fully saturated rings. The van der Waals surface area contributed by atoms with Gasteiger partial charge in [-0.3, -0.25) is 0 Å². The molecule has 0 radical (unpaired) electrons. The summed E-state index contributed by atoms with van der Waals surface area (Å²) >= 11 is 0. The molecule has 0 aromatic heterocycles. The maximum Gasteiger partial charge on any atom is 0.120 e. The number of nitrogens with zero attached hydrogens (tertiary/aromatic N) is 1. The second kappa shape index (κ2) is 7.14. The fourth-order valence-electron chi connectivity index (χ4n) is 2.45. The molecule has 0 aliphatic rings. The molecule has 0 spiro atoms. The van der Waals surface area contributed by atoms with Gasteiger partial charge in [-0.2, -0.15) is 0 Å². The predicted molar refractivity (Wildman–Crippen MR) is 88.6 cm³/mol. The van der Waals surface area contributed by atoms with Gasteiger partial charge < -0.3 is 15.3 Å². The summed E-state index contributed by atoms with van der Waals surface area (Å²) in [6.45, 7) is 3.06. The van der Waals surface area contributed by atoms with E-state index in [2.05, 4.69) is 55.5 Å². The van der Waals surface area contributed by atoms with Crippen LogP contribution in [-0.2, 0) is 6.54 Å². The lowest BCUT2D eigenvalue weighted by molar-refractivity contribution is 0.402. The van der Waals surface area contributed by atoms with E-state index in [1.54, 1.807) is 6.07 Å². The highest BCUT2D eigenvalue weighted by Gasteiger charge is 2.12. The van der Waals surface area contributed by atoms with Gasteiger partial charge in [-0.05, 0) is 44.3 Å². The van der Waals surface area contributed by atoms with Gasteiger partial charge in [-0.1, -0.05) is 37.3 Å². The standard InChI is InChI=1S/C18H24N2O/c1-4-17(16-7-5-6-8-18(16)21)19-15-11-9-14(10-12-15)13-20(2)3/h5-12,17,19,21H,4,13H2,1-3H3. The summed E-state index contributed by atoms with van der Waals surface area (Å²) in [7, 11) is 4.13. The third kappa shape index (κ3) is 4.23. The Morgan fingerprint density at radius 2 is 1.71 bits per heavy atom. The first kappa shape index (κ1) is 15.4. The van der Waals surface area contributed by atoms with E-state index in [4.69, 9.17) is 0 Å². The maximum absolute atomic E-state index is 9.99. The van der Waals surface area contributed by atoms with E-state index >= 15 is 0 Å².